The van der Waals surface area contributed by atoms with Gasteiger partial charge in [0.05, 0.1) is 5.41 Å². The highest BCUT2D eigenvalue weighted by Gasteiger charge is 2.46. The first kappa shape index (κ1) is 34.0. The molecule has 4 heteroatoms. The van der Waals surface area contributed by atoms with E-state index >= 15 is 0 Å². The molecule has 0 heterocycles. The molecule has 0 bridgehead atoms. The largest absolute Gasteiger partial charge is 0.457 e. The van der Waals surface area contributed by atoms with Crippen molar-refractivity contribution in [3.63, 3.8) is 0 Å². The molecule has 258 valence electrons. The first-order chi connectivity index (χ1) is 24.2. The number of ether oxygens (including phenoxy) is 2. The molecule has 7 rings (SSSR count). The summed E-state index contributed by atoms with van der Waals surface area (Å²) in [5, 5.41) is 0. The number of rotatable bonds is 6. The predicted octanol–water partition coefficient (Wildman–Crippen LogP) is 12.0. The molecule has 0 aromatic heterocycles. The zero-order valence-electron chi connectivity index (χ0n) is 31.0. The Morgan fingerprint density at radius 2 is 0.824 bits per heavy atom. The van der Waals surface area contributed by atoms with Crippen molar-refractivity contribution < 1.29 is 9.47 Å². The molecule has 4 N–H and O–H groups in total. The number of benzene rings is 6. The number of nitrogens with two attached hydrogens (primary N) is 2. The number of hydrogen-bond donors (Lipinski definition) is 2. The van der Waals surface area contributed by atoms with Crippen LogP contribution in [0.1, 0.15) is 86.1 Å². The molecule has 0 aliphatic heterocycles. The Labute approximate surface area is 303 Å². The van der Waals surface area contributed by atoms with Crippen molar-refractivity contribution in [1.29, 1.82) is 0 Å². The summed E-state index contributed by atoms with van der Waals surface area (Å²) < 4.78 is 13.3. The Bertz CT molecular complexity index is 2120. The van der Waals surface area contributed by atoms with Crippen molar-refractivity contribution in [1.82, 2.24) is 0 Å². The monoisotopic (exact) mass is 672 g/mol. The lowest BCUT2D eigenvalue weighted by atomic mass is 9.67. The van der Waals surface area contributed by atoms with E-state index < -0.39 is 5.41 Å². The van der Waals surface area contributed by atoms with Gasteiger partial charge in [0.2, 0.25) is 0 Å². The maximum absolute atomic E-state index is 6.67. The Balaban J connectivity index is 1.38. The van der Waals surface area contributed by atoms with E-state index in [1.165, 1.54) is 33.4 Å². The summed E-state index contributed by atoms with van der Waals surface area (Å²) in [4.78, 5) is 0. The van der Waals surface area contributed by atoms with E-state index in [2.05, 4.69) is 140 Å². The molecule has 51 heavy (non-hydrogen) atoms. The van der Waals surface area contributed by atoms with Crippen LogP contribution < -0.4 is 20.9 Å². The molecule has 0 amide bonds. The first-order valence-corrected chi connectivity index (χ1v) is 17.8. The summed E-state index contributed by atoms with van der Waals surface area (Å²) in [6, 6.07) is 42.7. The van der Waals surface area contributed by atoms with Gasteiger partial charge in [0.25, 0.3) is 0 Å². The lowest BCUT2D eigenvalue weighted by Gasteiger charge is -2.35. The molecule has 1 aliphatic carbocycles. The summed E-state index contributed by atoms with van der Waals surface area (Å²) in [5.41, 5.74) is 24.7. The maximum Gasteiger partial charge on any atom is 0.131 e. The molecule has 4 nitrogen and oxygen atoms in total. The smallest absolute Gasteiger partial charge is 0.131 e. The summed E-state index contributed by atoms with van der Waals surface area (Å²) in [6.45, 7) is 17.4. The molecular weight excluding hydrogens is 625 g/mol. The van der Waals surface area contributed by atoms with Gasteiger partial charge in [0, 0.05) is 22.5 Å². The highest BCUT2D eigenvalue weighted by Crippen LogP contribution is 2.57. The second kappa shape index (κ2) is 12.4. The van der Waals surface area contributed by atoms with Crippen molar-refractivity contribution in [3.05, 3.63) is 166 Å². The number of nitrogen functional groups attached to an aromatic ring is 2. The van der Waals surface area contributed by atoms with Crippen LogP contribution in [0.3, 0.4) is 0 Å². The molecule has 1 aliphatic rings. The SMILES string of the molecule is Cc1cc(C2(c3ccc(Oc4ccc(N)cc4C(C)(C)C)c(C)c3)c3ccccc3-c3ccccc32)ccc1Oc1ccc(N)cc1C(C)(C)C. The van der Waals surface area contributed by atoms with Gasteiger partial charge >= 0.3 is 0 Å². The minimum absolute atomic E-state index is 0.129. The number of hydrogen-bond acceptors (Lipinski definition) is 4. The average molecular weight is 673 g/mol. The molecule has 0 fully saturated rings. The summed E-state index contributed by atoms with van der Waals surface area (Å²) >= 11 is 0. The average Bonchev–Trinajstić information content (AvgIpc) is 3.38. The molecule has 0 saturated heterocycles. The molecule has 0 spiro atoms. The van der Waals surface area contributed by atoms with Crippen LogP contribution in [0.25, 0.3) is 11.1 Å². The Morgan fingerprint density at radius 3 is 1.20 bits per heavy atom. The van der Waals surface area contributed by atoms with Crippen molar-refractivity contribution in [3.8, 4) is 34.1 Å². The second-order valence-corrected chi connectivity index (χ2v) is 16.0. The van der Waals surface area contributed by atoms with Crippen LogP contribution >= 0.6 is 0 Å². The third-order valence-electron chi connectivity index (χ3n) is 10.2. The van der Waals surface area contributed by atoms with Crippen LogP contribution in [0.2, 0.25) is 0 Å². The zero-order valence-corrected chi connectivity index (χ0v) is 31.0. The molecule has 0 saturated carbocycles. The summed E-state index contributed by atoms with van der Waals surface area (Å²) in [6.07, 6.45) is 0. The van der Waals surface area contributed by atoms with E-state index in [9.17, 15) is 0 Å². The fraction of sp³-hybridized carbons (Fsp3) is 0.234. The topological polar surface area (TPSA) is 70.5 Å². The third kappa shape index (κ3) is 5.93. The van der Waals surface area contributed by atoms with Crippen molar-refractivity contribution in [2.45, 2.75) is 71.6 Å². The quantitative estimate of drug-likeness (QED) is 0.173. The highest BCUT2D eigenvalue weighted by atomic mass is 16.5. The van der Waals surface area contributed by atoms with Crippen molar-refractivity contribution in [2.24, 2.45) is 0 Å². The van der Waals surface area contributed by atoms with E-state index in [-0.39, 0.29) is 10.8 Å². The van der Waals surface area contributed by atoms with E-state index in [1.54, 1.807) is 0 Å². The van der Waals surface area contributed by atoms with E-state index in [1.807, 2.05) is 36.4 Å². The summed E-state index contributed by atoms with van der Waals surface area (Å²) in [5.74, 6) is 3.28. The van der Waals surface area contributed by atoms with Gasteiger partial charge in [-0.25, -0.2) is 0 Å². The van der Waals surface area contributed by atoms with E-state index in [0.29, 0.717) is 0 Å². The molecular formula is C47H48N2O2. The van der Waals surface area contributed by atoms with Crippen molar-refractivity contribution >= 4 is 11.4 Å². The number of fused-ring (bicyclic) bond motifs is 3. The fourth-order valence-electron chi connectivity index (χ4n) is 7.70. The van der Waals surface area contributed by atoms with Crippen molar-refractivity contribution in [2.75, 3.05) is 11.5 Å². The van der Waals surface area contributed by atoms with Gasteiger partial charge in [-0.3, -0.25) is 0 Å². The second-order valence-electron chi connectivity index (χ2n) is 16.0. The molecule has 6 aromatic rings. The van der Waals surface area contributed by atoms with Gasteiger partial charge in [-0.1, -0.05) is 114 Å². The van der Waals surface area contributed by atoms with Gasteiger partial charge in [-0.2, -0.15) is 0 Å². The van der Waals surface area contributed by atoms with Crippen LogP contribution in [-0.4, -0.2) is 0 Å². The molecule has 0 radical (unpaired) electrons. The Hall–Kier alpha value is -5.48. The Morgan fingerprint density at radius 1 is 0.451 bits per heavy atom. The molecule has 0 atom stereocenters. The normalized spacial score (nSPS) is 13.4. The number of anilines is 2. The van der Waals surface area contributed by atoms with Gasteiger partial charge < -0.3 is 20.9 Å². The predicted molar refractivity (Wildman–Crippen MR) is 212 cm³/mol. The fourth-order valence-corrected chi connectivity index (χ4v) is 7.70. The minimum atomic E-state index is -0.560. The standard InChI is InChI=1S/C47H48N2O2/c1-29-25-31(17-21-41(29)50-43-23-19-33(48)27-39(43)45(3,4)5)47(37-15-11-9-13-35(37)36-14-10-12-16-38(36)47)32-18-22-42(30(2)26-32)51-44-24-20-34(49)28-40(44)46(6,7)8/h9-28H,48-49H2,1-8H3. The van der Waals surface area contributed by atoms with Gasteiger partial charge in [-0.05, 0) is 118 Å². The molecule has 6 aromatic carbocycles. The van der Waals surface area contributed by atoms with Gasteiger partial charge in [0.15, 0.2) is 0 Å². The van der Waals surface area contributed by atoms with Crippen LogP contribution in [0.5, 0.6) is 23.0 Å². The van der Waals surface area contributed by atoms with Crippen LogP contribution in [0.4, 0.5) is 11.4 Å². The number of aryl methyl sites for hydroxylation is 2. The lowest BCUT2D eigenvalue weighted by Crippen LogP contribution is -2.29. The van der Waals surface area contributed by atoms with E-state index in [0.717, 1.165) is 56.6 Å². The third-order valence-corrected chi connectivity index (χ3v) is 10.2. The van der Waals surface area contributed by atoms with E-state index in [4.69, 9.17) is 20.9 Å². The van der Waals surface area contributed by atoms with Crippen LogP contribution in [0.15, 0.2) is 121 Å². The van der Waals surface area contributed by atoms with Gasteiger partial charge in [0.1, 0.15) is 23.0 Å². The molecule has 0 unspecified atom stereocenters. The first-order valence-electron chi connectivity index (χ1n) is 17.8. The summed E-state index contributed by atoms with van der Waals surface area (Å²) in [7, 11) is 0. The van der Waals surface area contributed by atoms with Crippen LogP contribution in [0, 0.1) is 13.8 Å². The maximum atomic E-state index is 6.67. The highest BCUT2D eigenvalue weighted by molar-refractivity contribution is 5.86. The Kier molecular flexibility index (Phi) is 8.25. The zero-order chi connectivity index (χ0) is 36.3. The minimum Gasteiger partial charge on any atom is -0.457 e. The van der Waals surface area contributed by atoms with Crippen LogP contribution in [-0.2, 0) is 16.2 Å². The lowest BCUT2D eigenvalue weighted by molar-refractivity contribution is 0.452. The van der Waals surface area contributed by atoms with Gasteiger partial charge in [-0.15, -0.1) is 0 Å².